The molecule has 0 atom stereocenters. The Morgan fingerprint density at radius 1 is 1.04 bits per heavy atom. The minimum absolute atomic E-state index is 0.00861. The third-order valence-electron chi connectivity index (χ3n) is 5.54. The predicted molar refractivity (Wildman–Crippen MR) is 111 cm³/mol. The summed E-state index contributed by atoms with van der Waals surface area (Å²) < 4.78 is 27.4. The maximum Gasteiger partial charge on any atom is 0.240 e. The lowest BCUT2D eigenvalue weighted by Crippen LogP contribution is -2.39. The highest BCUT2D eigenvalue weighted by Gasteiger charge is 2.24. The van der Waals surface area contributed by atoms with Gasteiger partial charge in [0.2, 0.25) is 15.9 Å². The molecule has 1 aliphatic rings. The highest BCUT2D eigenvalue weighted by atomic mass is 32.2. The second-order valence-electron chi connectivity index (χ2n) is 7.46. The van der Waals surface area contributed by atoms with E-state index < -0.39 is 10.0 Å². The van der Waals surface area contributed by atoms with Gasteiger partial charge in [-0.15, -0.1) is 0 Å². The van der Waals surface area contributed by atoms with E-state index in [0.29, 0.717) is 5.92 Å². The maximum atomic E-state index is 12.5. The van der Waals surface area contributed by atoms with Crippen molar-refractivity contribution in [3.63, 3.8) is 0 Å². The number of piperidine rings is 1. The Labute approximate surface area is 167 Å². The molecular weight excluding hydrogens is 372 g/mol. The molecule has 1 heterocycles. The van der Waals surface area contributed by atoms with Crippen molar-refractivity contribution in [3.8, 4) is 0 Å². The zero-order valence-electron chi connectivity index (χ0n) is 16.5. The molecule has 0 bridgehead atoms. The average molecular weight is 401 g/mol. The zero-order chi connectivity index (χ0) is 20.1. The molecule has 2 aromatic rings. The van der Waals surface area contributed by atoms with Crippen LogP contribution in [0.4, 0.5) is 0 Å². The van der Waals surface area contributed by atoms with Gasteiger partial charge in [0.1, 0.15) is 0 Å². The number of nitrogens with zero attached hydrogens (tertiary/aromatic N) is 1. The van der Waals surface area contributed by atoms with Crippen LogP contribution in [0.15, 0.2) is 53.4 Å². The number of hydrogen-bond donors (Lipinski definition) is 1. The monoisotopic (exact) mass is 400 g/mol. The van der Waals surface area contributed by atoms with Gasteiger partial charge in [-0.25, -0.2) is 13.1 Å². The minimum atomic E-state index is -3.59. The van der Waals surface area contributed by atoms with Crippen LogP contribution in [0, 0.1) is 13.8 Å². The van der Waals surface area contributed by atoms with E-state index in [1.54, 1.807) is 18.2 Å². The molecule has 1 saturated heterocycles. The van der Waals surface area contributed by atoms with E-state index in [0.717, 1.165) is 37.1 Å². The highest BCUT2D eigenvalue weighted by molar-refractivity contribution is 7.89. The minimum Gasteiger partial charge on any atom is -0.343 e. The van der Waals surface area contributed by atoms with Gasteiger partial charge in [0.15, 0.2) is 0 Å². The largest absolute Gasteiger partial charge is 0.343 e. The molecule has 3 rings (SSSR count). The molecule has 0 aliphatic carbocycles. The quantitative estimate of drug-likeness (QED) is 0.808. The fourth-order valence-corrected chi connectivity index (χ4v) is 4.72. The third kappa shape index (κ3) is 5.00. The number of nitrogens with one attached hydrogen (secondary N) is 1. The Morgan fingerprint density at radius 3 is 2.36 bits per heavy atom. The van der Waals surface area contributed by atoms with Crippen molar-refractivity contribution in [2.45, 2.75) is 43.9 Å². The molecule has 0 unspecified atom stereocenters. The summed E-state index contributed by atoms with van der Waals surface area (Å²) in [4.78, 5) is 14.5. The van der Waals surface area contributed by atoms with Gasteiger partial charge < -0.3 is 4.90 Å². The molecule has 6 heteroatoms. The first-order valence-corrected chi connectivity index (χ1v) is 11.2. The number of amides is 1. The summed E-state index contributed by atoms with van der Waals surface area (Å²) in [5.74, 6) is 0.503. The lowest BCUT2D eigenvalue weighted by atomic mass is 9.89. The van der Waals surface area contributed by atoms with Crippen LogP contribution in [-0.4, -0.2) is 38.9 Å². The first-order chi connectivity index (χ1) is 13.4. The van der Waals surface area contributed by atoms with Crippen molar-refractivity contribution in [3.05, 3.63) is 65.2 Å². The van der Waals surface area contributed by atoms with Gasteiger partial charge in [0.05, 0.1) is 4.90 Å². The van der Waals surface area contributed by atoms with Gasteiger partial charge in [0.25, 0.3) is 0 Å². The third-order valence-corrected chi connectivity index (χ3v) is 7.00. The number of benzene rings is 2. The van der Waals surface area contributed by atoms with Crippen LogP contribution in [-0.2, 0) is 14.8 Å². The first-order valence-electron chi connectivity index (χ1n) is 9.76. The summed E-state index contributed by atoms with van der Waals surface area (Å²) in [6.07, 6.45) is 2.08. The highest BCUT2D eigenvalue weighted by Crippen LogP contribution is 2.27. The smallest absolute Gasteiger partial charge is 0.240 e. The summed E-state index contributed by atoms with van der Waals surface area (Å²) >= 11 is 0. The van der Waals surface area contributed by atoms with Crippen LogP contribution in [0.2, 0.25) is 0 Å². The molecule has 1 N–H and O–H groups in total. The summed E-state index contributed by atoms with van der Waals surface area (Å²) in [7, 11) is -3.59. The van der Waals surface area contributed by atoms with Crippen LogP contribution in [0.25, 0.3) is 0 Å². The number of carbonyl (C=O) groups is 1. The van der Waals surface area contributed by atoms with E-state index in [9.17, 15) is 13.2 Å². The molecule has 0 aromatic heterocycles. The molecule has 0 spiro atoms. The number of aryl methyl sites for hydroxylation is 2. The van der Waals surface area contributed by atoms with Crippen LogP contribution < -0.4 is 4.72 Å². The molecule has 0 radical (unpaired) electrons. The zero-order valence-corrected chi connectivity index (χ0v) is 17.3. The van der Waals surface area contributed by atoms with Gasteiger partial charge in [-0.05, 0) is 61.4 Å². The fourth-order valence-electron chi connectivity index (χ4n) is 3.60. The van der Waals surface area contributed by atoms with Gasteiger partial charge in [0, 0.05) is 26.1 Å². The van der Waals surface area contributed by atoms with E-state index in [2.05, 4.69) is 29.0 Å². The normalized spacial score (nSPS) is 15.6. The van der Waals surface area contributed by atoms with E-state index in [1.807, 2.05) is 24.8 Å². The SMILES string of the molecule is Cc1ccc(S(=O)(=O)NCCC(=O)N2CCC(c3ccccc3)CC2)cc1C. The van der Waals surface area contributed by atoms with Crippen LogP contribution in [0.5, 0.6) is 0 Å². The summed E-state index contributed by atoms with van der Waals surface area (Å²) in [5, 5.41) is 0. The van der Waals surface area contributed by atoms with Gasteiger partial charge in [-0.3, -0.25) is 4.79 Å². The van der Waals surface area contributed by atoms with Crippen molar-refractivity contribution in [2.24, 2.45) is 0 Å². The molecule has 2 aromatic carbocycles. The topological polar surface area (TPSA) is 66.5 Å². The maximum absolute atomic E-state index is 12.5. The summed E-state index contributed by atoms with van der Waals surface area (Å²) in [5.41, 5.74) is 3.31. The molecule has 150 valence electrons. The van der Waals surface area contributed by atoms with Crippen molar-refractivity contribution < 1.29 is 13.2 Å². The molecule has 1 amide bonds. The van der Waals surface area contributed by atoms with Crippen molar-refractivity contribution >= 4 is 15.9 Å². The van der Waals surface area contributed by atoms with Crippen LogP contribution >= 0.6 is 0 Å². The van der Waals surface area contributed by atoms with E-state index in [-0.39, 0.29) is 23.8 Å². The standard InChI is InChI=1S/C22H28N2O3S/c1-17-8-9-21(16-18(17)2)28(26,27)23-13-10-22(25)24-14-11-20(12-15-24)19-6-4-3-5-7-19/h3-9,16,20,23H,10-15H2,1-2H3. The Morgan fingerprint density at radius 2 is 1.71 bits per heavy atom. The molecule has 1 fully saturated rings. The number of sulfonamides is 1. The number of rotatable bonds is 6. The van der Waals surface area contributed by atoms with Gasteiger partial charge in [-0.2, -0.15) is 0 Å². The van der Waals surface area contributed by atoms with Crippen molar-refractivity contribution in [2.75, 3.05) is 19.6 Å². The first kappa shape index (κ1) is 20.6. The number of carbonyl (C=O) groups excluding carboxylic acids is 1. The van der Waals surface area contributed by atoms with E-state index in [4.69, 9.17) is 0 Å². The summed E-state index contributed by atoms with van der Waals surface area (Å²) in [6, 6.07) is 15.5. The fraction of sp³-hybridized carbons (Fsp3) is 0.409. The van der Waals surface area contributed by atoms with Crippen molar-refractivity contribution in [1.82, 2.24) is 9.62 Å². The van der Waals surface area contributed by atoms with Gasteiger partial charge in [-0.1, -0.05) is 36.4 Å². The predicted octanol–water partition coefficient (Wildman–Crippen LogP) is 3.38. The second kappa shape index (κ2) is 8.88. The Bertz CT molecular complexity index is 918. The summed E-state index contributed by atoms with van der Waals surface area (Å²) in [6.45, 7) is 5.40. The lowest BCUT2D eigenvalue weighted by Gasteiger charge is -2.32. The van der Waals surface area contributed by atoms with E-state index in [1.165, 1.54) is 5.56 Å². The van der Waals surface area contributed by atoms with Gasteiger partial charge >= 0.3 is 0 Å². The lowest BCUT2D eigenvalue weighted by molar-refractivity contribution is -0.132. The van der Waals surface area contributed by atoms with Crippen molar-refractivity contribution in [1.29, 1.82) is 0 Å². The number of likely N-dealkylation sites (tertiary alicyclic amines) is 1. The molecular formula is C22H28N2O3S. The van der Waals surface area contributed by atoms with E-state index >= 15 is 0 Å². The second-order valence-corrected chi connectivity index (χ2v) is 9.23. The molecule has 28 heavy (non-hydrogen) atoms. The van der Waals surface area contributed by atoms with Crippen LogP contribution in [0.1, 0.15) is 41.9 Å². The van der Waals surface area contributed by atoms with Crippen LogP contribution in [0.3, 0.4) is 0 Å². The Hall–Kier alpha value is -2.18. The Balaban J connectivity index is 1.47. The average Bonchev–Trinajstić information content (AvgIpc) is 2.70. The number of hydrogen-bond acceptors (Lipinski definition) is 3. The Kier molecular flexibility index (Phi) is 6.52. The molecule has 0 saturated carbocycles. The molecule has 5 nitrogen and oxygen atoms in total. The molecule has 1 aliphatic heterocycles.